The Hall–Kier alpha value is -1.83. The van der Waals surface area contributed by atoms with E-state index in [-0.39, 0.29) is 0 Å². The van der Waals surface area contributed by atoms with Crippen LogP contribution in [0.5, 0.6) is 5.75 Å². The molecule has 1 saturated carbocycles. The van der Waals surface area contributed by atoms with Crippen LogP contribution in [0.25, 0.3) is 11.3 Å². The van der Waals surface area contributed by atoms with Gasteiger partial charge in [-0.1, -0.05) is 56.9 Å². The Morgan fingerprint density at radius 3 is 2.48 bits per heavy atom. The van der Waals surface area contributed by atoms with E-state index in [9.17, 15) is 0 Å². The molecule has 0 N–H and O–H groups in total. The molecule has 1 aromatic heterocycles. The molecule has 0 spiro atoms. The summed E-state index contributed by atoms with van der Waals surface area (Å²) < 4.78 is 5.46. The molecule has 0 bridgehead atoms. The molecule has 0 saturated heterocycles. The molecule has 2 nitrogen and oxygen atoms in total. The van der Waals surface area contributed by atoms with Crippen LogP contribution in [0.4, 0.5) is 0 Å². The molecule has 1 heterocycles. The number of ether oxygens (including phenoxy) is 1. The normalized spacial score (nSPS) is 20.4. The van der Waals surface area contributed by atoms with Crippen molar-refractivity contribution in [3.05, 3.63) is 48.2 Å². The summed E-state index contributed by atoms with van der Waals surface area (Å²) in [6.45, 7) is 5.01. The Labute approximate surface area is 152 Å². The van der Waals surface area contributed by atoms with Gasteiger partial charge in [-0.3, -0.25) is 4.98 Å². The van der Waals surface area contributed by atoms with Gasteiger partial charge < -0.3 is 4.74 Å². The highest BCUT2D eigenvalue weighted by molar-refractivity contribution is 5.59. The van der Waals surface area contributed by atoms with Gasteiger partial charge in [0, 0.05) is 5.56 Å². The van der Waals surface area contributed by atoms with Gasteiger partial charge in [-0.2, -0.15) is 0 Å². The summed E-state index contributed by atoms with van der Waals surface area (Å²) in [5, 5.41) is 0. The van der Waals surface area contributed by atoms with E-state index in [0.29, 0.717) is 6.61 Å². The monoisotopic (exact) mass is 337 g/mol. The van der Waals surface area contributed by atoms with Crippen molar-refractivity contribution in [1.29, 1.82) is 0 Å². The van der Waals surface area contributed by atoms with Gasteiger partial charge in [0.1, 0.15) is 5.75 Å². The summed E-state index contributed by atoms with van der Waals surface area (Å²) in [7, 11) is 0. The van der Waals surface area contributed by atoms with Crippen molar-refractivity contribution in [3.63, 3.8) is 0 Å². The molecule has 2 aromatic rings. The zero-order chi connectivity index (χ0) is 17.5. The van der Waals surface area contributed by atoms with Gasteiger partial charge in [0.25, 0.3) is 0 Å². The van der Waals surface area contributed by atoms with Gasteiger partial charge >= 0.3 is 0 Å². The molecule has 1 fully saturated rings. The van der Waals surface area contributed by atoms with Gasteiger partial charge in [0.15, 0.2) is 0 Å². The average Bonchev–Trinajstić information content (AvgIpc) is 2.68. The predicted molar refractivity (Wildman–Crippen MR) is 105 cm³/mol. The van der Waals surface area contributed by atoms with Gasteiger partial charge in [-0.25, -0.2) is 0 Å². The van der Waals surface area contributed by atoms with Crippen LogP contribution in [0, 0.1) is 11.8 Å². The lowest BCUT2D eigenvalue weighted by Crippen LogP contribution is -2.15. The Kier molecular flexibility index (Phi) is 6.49. The maximum Gasteiger partial charge on any atom is 0.137 e. The first kappa shape index (κ1) is 18.0. The number of nitrogens with zero attached hydrogens (tertiary/aromatic N) is 1. The van der Waals surface area contributed by atoms with E-state index in [2.05, 4.69) is 36.2 Å². The molecular weight excluding hydrogens is 306 g/mol. The Bertz CT molecular complexity index is 632. The van der Waals surface area contributed by atoms with Crippen LogP contribution < -0.4 is 4.74 Å². The number of pyridine rings is 1. The predicted octanol–water partition coefficient (Wildman–Crippen LogP) is 6.30. The first-order chi connectivity index (χ1) is 12.3. The fraction of sp³-hybridized carbons (Fsp3) is 0.522. The van der Waals surface area contributed by atoms with E-state index >= 15 is 0 Å². The van der Waals surface area contributed by atoms with Gasteiger partial charge in [0.2, 0.25) is 0 Å². The minimum absolute atomic E-state index is 0.676. The van der Waals surface area contributed by atoms with E-state index in [4.69, 9.17) is 4.74 Å². The minimum atomic E-state index is 0.676. The highest BCUT2D eigenvalue weighted by Crippen LogP contribution is 2.33. The lowest BCUT2D eigenvalue weighted by atomic mass is 9.78. The third-order valence-electron chi connectivity index (χ3n) is 5.61. The molecule has 3 rings (SSSR count). The highest BCUT2D eigenvalue weighted by Gasteiger charge is 2.20. The molecule has 1 aliphatic rings. The second kappa shape index (κ2) is 9.03. The smallest absolute Gasteiger partial charge is 0.137 e. The number of benzene rings is 1. The highest BCUT2D eigenvalue weighted by atomic mass is 16.5. The quantitative estimate of drug-likeness (QED) is 0.592. The maximum atomic E-state index is 5.46. The molecule has 0 aliphatic heterocycles. The summed E-state index contributed by atoms with van der Waals surface area (Å²) in [5.41, 5.74) is 3.64. The zero-order valence-corrected chi connectivity index (χ0v) is 15.7. The van der Waals surface area contributed by atoms with Crippen molar-refractivity contribution in [3.8, 4) is 17.0 Å². The number of rotatable bonds is 7. The largest absolute Gasteiger partial charge is 0.492 e. The van der Waals surface area contributed by atoms with Crippen LogP contribution in [0.1, 0.15) is 57.9 Å². The summed E-state index contributed by atoms with van der Waals surface area (Å²) in [5.74, 6) is 2.75. The standard InChI is InChI=1S/C23H31NO/c1-3-18-6-5-7-20(16-18)9-8-19-10-12-21(13-11-19)23-15-14-22(17-24-23)25-4-2/h10-15,17-18,20H,3-9,16H2,1-2H3. The second-order valence-corrected chi connectivity index (χ2v) is 7.35. The lowest BCUT2D eigenvalue weighted by molar-refractivity contribution is 0.250. The SMILES string of the molecule is CCOc1ccc(-c2ccc(CCC3CCCC(CC)C3)cc2)nc1. The van der Waals surface area contributed by atoms with Gasteiger partial charge in [0.05, 0.1) is 18.5 Å². The molecule has 25 heavy (non-hydrogen) atoms. The summed E-state index contributed by atoms with van der Waals surface area (Å²) >= 11 is 0. The average molecular weight is 338 g/mol. The molecule has 0 radical (unpaired) electrons. The number of hydrogen-bond donors (Lipinski definition) is 0. The molecular formula is C23H31NO. The van der Waals surface area contributed by atoms with E-state index in [1.165, 1.54) is 56.1 Å². The molecule has 0 amide bonds. The molecule has 134 valence electrons. The van der Waals surface area contributed by atoms with Gasteiger partial charge in [-0.15, -0.1) is 0 Å². The number of aromatic nitrogens is 1. The van der Waals surface area contributed by atoms with Crippen LogP contribution in [-0.4, -0.2) is 11.6 Å². The van der Waals surface area contributed by atoms with Crippen LogP contribution in [-0.2, 0) is 6.42 Å². The Balaban J connectivity index is 1.55. The van der Waals surface area contributed by atoms with Crippen molar-refractivity contribution < 1.29 is 4.74 Å². The minimum Gasteiger partial charge on any atom is -0.492 e. The van der Waals surface area contributed by atoms with Crippen molar-refractivity contribution in [1.82, 2.24) is 4.98 Å². The van der Waals surface area contributed by atoms with Crippen molar-refractivity contribution in [2.24, 2.45) is 11.8 Å². The Morgan fingerprint density at radius 2 is 1.80 bits per heavy atom. The summed E-state index contributed by atoms with van der Waals surface area (Å²) in [6, 6.07) is 13.0. The van der Waals surface area contributed by atoms with E-state index < -0.39 is 0 Å². The topological polar surface area (TPSA) is 22.1 Å². The molecule has 1 aliphatic carbocycles. The molecule has 2 atom stereocenters. The third-order valence-corrected chi connectivity index (χ3v) is 5.61. The first-order valence-corrected chi connectivity index (χ1v) is 9.96. The van der Waals surface area contributed by atoms with Crippen LogP contribution in [0.3, 0.4) is 0 Å². The van der Waals surface area contributed by atoms with Gasteiger partial charge in [-0.05, 0) is 55.7 Å². The summed E-state index contributed by atoms with van der Waals surface area (Å²) in [6.07, 6.45) is 11.5. The van der Waals surface area contributed by atoms with E-state index in [0.717, 1.165) is 23.3 Å². The van der Waals surface area contributed by atoms with Crippen LogP contribution in [0.15, 0.2) is 42.6 Å². The van der Waals surface area contributed by atoms with Crippen molar-refractivity contribution in [2.45, 2.75) is 58.8 Å². The van der Waals surface area contributed by atoms with E-state index in [1.54, 1.807) is 6.20 Å². The van der Waals surface area contributed by atoms with E-state index in [1.807, 2.05) is 19.1 Å². The Morgan fingerprint density at radius 1 is 1.00 bits per heavy atom. The van der Waals surface area contributed by atoms with Crippen molar-refractivity contribution >= 4 is 0 Å². The fourth-order valence-corrected chi connectivity index (χ4v) is 4.05. The number of aryl methyl sites for hydroxylation is 1. The molecule has 1 aromatic carbocycles. The lowest BCUT2D eigenvalue weighted by Gasteiger charge is -2.28. The van der Waals surface area contributed by atoms with Crippen LogP contribution >= 0.6 is 0 Å². The zero-order valence-electron chi connectivity index (χ0n) is 15.7. The molecule has 2 unspecified atom stereocenters. The second-order valence-electron chi connectivity index (χ2n) is 7.35. The van der Waals surface area contributed by atoms with Crippen LogP contribution in [0.2, 0.25) is 0 Å². The summed E-state index contributed by atoms with van der Waals surface area (Å²) in [4.78, 5) is 4.51. The fourth-order valence-electron chi connectivity index (χ4n) is 4.05. The third kappa shape index (κ3) is 5.07. The van der Waals surface area contributed by atoms with Crippen molar-refractivity contribution in [2.75, 3.05) is 6.61 Å². The first-order valence-electron chi connectivity index (χ1n) is 9.96. The maximum absolute atomic E-state index is 5.46. The molecule has 2 heteroatoms. The number of hydrogen-bond acceptors (Lipinski definition) is 2.